The number of aryl methyl sites for hydroxylation is 1. The molecule has 0 aliphatic heterocycles. The van der Waals surface area contributed by atoms with Gasteiger partial charge in [0, 0.05) is 18.8 Å². The van der Waals surface area contributed by atoms with E-state index in [2.05, 4.69) is 0 Å². The van der Waals surface area contributed by atoms with E-state index in [9.17, 15) is 9.18 Å². The summed E-state index contributed by atoms with van der Waals surface area (Å²) < 4.78 is 13.4. The van der Waals surface area contributed by atoms with Gasteiger partial charge in [0.25, 0.3) is 0 Å². The van der Waals surface area contributed by atoms with Crippen LogP contribution in [-0.2, 0) is 11.3 Å². The molecule has 0 bridgehead atoms. The van der Waals surface area contributed by atoms with Crippen molar-refractivity contribution in [3.63, 3.8) is 0 Å². The van der Waals surface area contributed by atoms with Crippen LogP contribution in [0.1, 0.15) is 17.5 Å². The number of hydrogen-bond acceptors (Lipinski definition) is 2. The molecule has 0 saturated heterocycles. The third kappa shape index (κ3) is 4.60. The normalized spacial score (nSPS) is 10.4. The number of benzene rings is 2. The summed E-state index contributed by atoms with van der Waals surface area (Å²) in [4.78, 5) is 12.7. The van der Waals surface area contributed by atoms with Crippen LogP contribution in [0.4, 0.5) is 10.1 Å². The van der Waals surface area contributed by atoms with Gasteiger partial charge in [-0.1, -0.05) is 35.9 Å². The average molecular weight is 287 g/mol. The summed E-state index contributed by atoms with van der Waals surface area (Å²) in [6, 6.07) is 14.3. The van der Waals surface area contributed by atoms with Crippen molar-refractivity contribution in [2.75, 3.05) is 11.4 Å². The van der Waals surface area contributed by atoms with E-state index in [0.29, 0.717) is 18.8 Å². The third-order valence-corrected chi connectivity index (χ3v) is 3.26. The molecule has 1 N–H and O–H groups in total. The number of halogens is 1. The highest BCUT2D eigenvalue weighted by atomic mass is 19.1. The molecule has 0 fully saturated rings. The highest BCUT2D eigenvalue weighted by Crippen LogP contribution is 2.19. The summed E-state index contributed by atoms with van der Waals surface area (Å²) in [5.41, 5.74) is 2.92. The van der Waals surface area contributed by atoms with Gasteiger partial charge in [-0.2, -0.15) is 0 Å². The lowest BCUT2D eigenvalue weighted by atomic mass is 10.1. The van der Waals surface area contributed by atoms with Gasteiger partial charge < -0.3 is 10.0 Å². The summed E-state index contributed by atoms with van der Waals surface area (Å²) in [6.07, 6.45) is 0.0162. The number of carboxylic acid groups (broad SMARTS) is 1. The minimum absolute atomic E-state index is 0.0162. The van der Waals surface area contributed by atoms with Gasteiger partial charge in [0.2, 0.25) is 0 Å². The van der Waals surface area contributed by atoms with Crippen molar-refractivity contribution in [2.24, 2.45) is 0 Å². The maximum atomic E-state index is 13.4. The first-order valence-electron chi connectivity index (χ1n) is 6.82. The maximum absolute atomic E-state index is 13.4. The fourth-order valence-electron chi connectivity index (χ4n) is 2.12. The molecule has 0 atom stereocenters. The predicted octanol–water partition coefficient (Wildman–Crippen LogP) is 3.62. The number of hydrogen-bond donors (Lipinski definition) is 1. The average Bonchev–Trinajstić information content (AvgIpc) is 2.45. The van der Waals surface area contributed by atoms with E-state index in [1.54, 1.807) is 12.1 Å². The molecule has 0 saturated carbocycles. The molecule has 0 heterocycles. The van der Waals surface area contributed by atoms with Gasteiger partial charge in [0.05, 0.1) is 6.42 Å². The lowest BCUT2D eigenvalue weighted by Gasteiger charge is -2.24. The Morgan fingerprint density at radius 3 is 2.52 bits per heavy atom. The molecule has 0 radical (unpaired) electrons. The maximum Gasteiger partial charge on any atom is 0.305 e. The van der Waals surface area contributed by atoms with Crippen LogP contribution in [-0.4, -0.2) is 17.6 Å². The molecule has 0 spiro atoms. The van der Waals surface area contributed by atoms with Gasteiger partial charge in [0.1, 0.15) is 5.82 Å². The van der Waals surface area contributed by atoms with Crippen molar-refractivity contribution in [2.45, 2.75) is 19.9 Å². The molecule has 3 nitrogen and oxygen atoms in total. The fourth-order valence-corrected chi connectivity index (χ4v) is 2.12. The van der Waals surface area contributed by atoms with E-state index in [0.717, 1.165) is 5.56 Å². The van der Waals surface area contributed by atoms with E-state index in [4.69, 9.17) is 5.11 Å². The third-order valence-electron chi connectivity index (χ3n) is 3.26. The Balaban J connectivity index is 2.19. The van der Waals surface area contributed by atoms with E-state index >= 15 is 0 Å². The minimum atomic E-state index is -0.861. The number of aliphatic carboxylic acids is 1. The van der Waals surface area contributed by atoms with Crippen molar-refractivity contribution in [3.8, 4) is 0 Å². The van der Waals surface area contributed by atoms with Crippen molar-refractivity contribution in [1.29, 1.82) is 0 Å². The molecule has 2 aromatic rings. The Morgan fingerprint density at radius 2 is 1.90 bits per heavy atom. The molecular formula is C17H18FNO2. The van der Waals surface area contributed by atoms with Crippen LogP contribution in [0.2, 0.25) is 0 Å². The smallest absolute Gasteiger partial charge is 0.305 e. The highest BCUT2D eigenvalue weighted by molar-refractivity contribution is 5.67. The second kappa shape index (κ2) is 6.88. The lowest BCUT2D eigenvalue weighted by molar-refractivity contribution is -0.136. The molecule has 0 aliphatic carbocycles. The van der Waals surface area contributed by atoms with Crippen molar-refractivity contribution in [3.05, 3.63) is 65.5 Å². The topological polar surface area (TPSA) is 40.5 Å². The summed E-state index contributed by atoms with van der Waals surface area (Å²) >= 11 is 0. The number of carboxylic acids is 1. The molecule has 0 aromatic heterocycles. The Morgan fingerprint density at radius 1 is 1.19 bits per heavy atom. The van der Waals surface area contributed by atoms with Gasteiger partial charge in [-0.25, -0.2) is 4.39 Å². The molecule has 0 unspecified atom stereocenters. The van der Waals surface area contributed by atoms with Crippen LogP contribution in [0.5, 0.6) is 0 Å². The quantitative estimate of drug-likeness (QED) is 0.882. The first kappa shape index (κ1) is 15.0. The minimum Gasteiger partial charge on any atom is -0.481 e. The van der Waals surface area contributed by atoms with Gasteiger partial charge in [-0.15, -0.1) is 0 Å². The monoisotopic (exact) mass is 287 g/mol. The summed E-state index contributed by atoms with van der Waals surface area (Å²) in [5, 5.41) is 8.87. The second-order valence-electron chi connectivity index (χ2n) is 5.03. The van der Waals surface area contributed by atoms with Crippen molar-refractivity contribution < 1.29 is 14.3 Å². The molecule has 2 rings (SSSR count). The molecule has 110 valence electrons. The Bertz CT molecular complexity index is 610. The predicted molar refractivity (Wildman–Crippen MR) is 80.9 cm³/mol. The largest absolute Gasteiger partial charge is 0.481 e. The number of rotatable bonds is 6. The van der Waals surface area contributed by atoms with E-state index in [-0.39, 0.29) is 12.2 Å². The van der Waals surface area contributed by atoms with E-state index in [1.165, 1.54) is 17.7 Å². The van der Waals surface area contributed by atoms with Crippen molar-refractivity contribution >= 4 is 11.7 Å². The van der Waals surface area contributed by atoms with Crippen molar-refractivity contribution in [1.82, 2.24) is 0 Å². The van der Waals surface area contributed by atoms with E-state index < -0.39 is 5.97 Å². The van der Waals surface area contributed by atoms with Gasteiger partial charge in [-0.05, 0) is 30.7 Å². The lowest BCUT2D eigenvalue weighted by Crippen LogP contribution is -2.25. The molecule has 0 amide bonds. The zero-order valence-corrected chi connectivity index (χ0v) is 11.9. The van der Waals surface area contributed by atoms with Crippen LogP contribution >= 0.6 is 0 Å². The van der Waals surface area contributed by atoms with Crippen LogP contribution in [0.3, 0.4) is 0 Å². The second-order valence-corrected chi connectivity index (χ2v) is 5.03. The van der Waals surface area contributed by atoms with Crippen LogP contribution in [0, 0.1) is 12.7 Å². The van der Waals surface area contributed by atoms with Crippen LogP contribution < -0.4 is 4.90 Å². The zero-order chi connectivity index (χ0) is 15.2. The Labute approximate surface area is 123 Å². The first-order chi connectivity index (χ1) is 10.0. The molecule has 0 aliphatic rings. The van der Waals surface area contributed by atoms with E-state index in [1.807, 2.05) is 36.1 Å². The molecular weight excluding hydrogens is 269 g/mol. The van der Waals surface area contributed by atoms with Crippen LogP contribution in [0.15, 0.2) is 48.5 Å². The SMILES string of the molecule is Cc1ccc(CN(CCC(=O)O)c2cccc(F)c2)cc1. The van der Waals surface area contributed by atoms with Gasteiger partial charge in [0.15, 0.2) is 0 Å². The molecule has 21 heavy (non-hydrogen) atoms. The number of anilines is 1. The van der Waals surface area contributed by atoms with Crippen LogP contribution in [0.25, 0.3) is 0 Å². The number of carbonyl (C=O) groups is 1. The fraction of sp³-hybridized carbons (Fsp3) is 0.235. The summed E-state index contributed by atoms with van der Waals surface area (Å²) in [7, 11) is 0. The standard InChI is InChI=1S/C17H18FNO2/c1-13-5-7-14(8-6-13)12-19(10-9-17(20)21)16-4-2-3-15(18)11-16/h2-8,11H,9-10,12H2,1H3,(H,20,21). The Kier molecular flexibility index (Phi) is 4.93. The summed E-state index contributed by atoms with van der Waals surface area (Å²) in [5.74, 6) is -1.18. The van der Waals surface area contributed by atoms with Gasteiger partial charge in [-0.3, -0.25) is 4.79 Å². The highest BCUT2D eigenvalue weighted by Gasteiger charge is 2.10. The van der Waals surface area contributed by atoms with Gasteiger partial charge >= 0.3 is 5.97 Å². The zero-order valence-electron chi connectivity index (χ0n) is 11.9. The summed E-state index contributed by atoms with van der Waals surface area (Å²) in [6.45, 7) is 2.90. The first-order valence-corrected chi connectivity index (χ1v) is 6.82. The molecule has 4 heteroatoms. The number of nitrogens with zero attached hydrogens (tertiary/aromatic N) is 1. The molecule has 2 aromatic carbocycles. The Hall–Kier alpha value is -2.36.